The lowest BCUT2D eigenvalue weighted by molar-refractivity contribution is 0.0165. The third-order valence-electron chi connectivity index (χ3n) is 4.50. The van der Waals surface area contributed by atoms with Crippen LogP contribution in [0.25, 0.3) is 0 Å². The standard InChI is InChI=1S/C13H24N2O/c1-16-13-6-11(7-13)14-8-10-4-5-15(9-10)12-2-3-12/h10-14H,2-9H2,1H3. The van der Waals surface area contributed by atoms with E-state index in [1.54, 1.807) is 0 Å². The molecule has 2 saturated carbocycles. The molecule has 3 heteroatoms. The maximum atomic E-state index is 5.30. The lowest BCUT2D eigenvalue weighted by Gasteiger charge is -2.35. The Balaban J connectivity index is 1.31. The molecule has 0 aromatic rings. The molecule has 0 aromatic carbocycles. The number of ether oxygens (including phenoxy) is 1. The number of nitrogens with one attached hydrogen (secondary N) is 1. The molecule has 2 aliphatic carbocycles. The molecule has 0 amide bonds. The van der Waals surface area contributed by atoms with E-state index in [1.807, 2.05) is 7.11 Å². The van der Waals surface area contributed by atoms with Gasteiger partial charge in [-0.1, -0.05) is 0 Å². The predicted octanol–water partition coefficient (Wildman–Crippen LogP) is 1.24. The third kappa shape index (κ3) is 2.41. The first-order valence-corrected chi connectivity index (χ1v) is 6.85. The van der Waals surface area contributed by atoms with Crippen molar-refractivity contribution in [1.29, 1.82) is 0 Å². The molecule has 1 atom stereocenters. The van der Waals surface area contributed by atoms with Gasteiger partial charge in [0.2, 0.25) is 0 Å². The fraction of sp³-hybridized carbons (Fsp3) is 1.00. The zero-order valence-corrected chi connectivity index (χ0v) is 10.3. The number of nitrogens with zero attached hydrogens (tertiary/aromatic N) is 1. The second-order valence-corrected chi connectivity index (χ2v) is 5.82. The van der Waals surface area contributed by atoms with Gasteiger partial charge >= 0.3 is 0 Å². The van der Waals surface area contributed by atoms with Crippen LogP contribution in [0, 0.1) is 5.92 Å². The minimum Gasteiger partial charge on any atom is -0.381 e. The second kappa shape index (κ2) is 4.63. The molecule has 3 rings (SSSR count). The van der Waals surface area contributed by atoms with Crippen LogP contribution in [-0.2, 0) is 4.74 Å². The first-order chi connectivity index (χ1) is 7.85. The molecule has 0 spiro atoms. The van der Waals surface area contributed by atoms with Crippen molar-refractivity contribution in [3.63, 3.8) is 0 Å². The number of hydrogen-bond donors (Lipinski definition) is 1. The predicted molar refractivity (Wildman–Crippen MR) is 64.5 cm³/mol. The van der Waals surface area contributed by atoms with Crippen LogP contribution in [-0.4, -0.2) is 49.8 Å². The molecule has 0 bridgehead atoms. The van der Waals surface area contributed by atoms with Crippen molar-refractivity contribution in [3.8, 4) is 0 Å². The van der Waals surface area contributed by atoms with Crippen molar-refractivity contribution < 1.29 is 4.74 Å². The number of methoxy groups -OCH3 is 1. The SMILES string of the molecule is COC1CC(NCC2CCN(C3CC3)C2)C1. The average molecular weight is 224 g/mol. The topological polar surface area (TPSA) is 24.5 Å². The number of likely N-dealkylation sites (tertiary alicyclic amines) is 1. The van der Waals surface area contributed by atoms with Gasteiger partial charge in [-0.3, -0.25) is 0 Å². The van der Waals surface area contributed by atoms with Gasteiger partial charge in [-0.2, -0.15) is 0 Å². The van der Waals surface area contributed by atoms with Crippen LogP contribution in [0.15, 0.2) is 0 Å². The summed E-state index contributed by atoms with van der Waals surface area (Å²) in [5.41, 5.74) is 0. The highest BCUT2D eigenvalue weighted by Crippen LogP contribution is 2.31. The van der Waals surface area contributed by atoms with Gasteiger partial charge in [-0.25, -0.2) is 0 Å². The van der Waals surface area contributed by atoms with E-state index in [9.17, 15) is 0 Å². The van der Waals surface area contributed by atoms with Crippen molar-refractivity contribution in [2.45, 2.75) is 50.3 Å². The Morgan fingerprint density at radius 2 is 2.06 bits per heavy atom. The minimum atomic E-state index is 0.532. The van der Waals surface area contributed by atoms with E-state index in [1.165, 1.54) is 51.7 Å². The smallest absolute Gasteiger partial charge is 0.0601 e. The number of hydrogen-bond acceptors (Lipinski definition) is 3. The van der Waals surface area contributed by atoms with Gasteiger partial charge in [0.15, 0.2) is 0 Å². The molecule has 3 aliphatic rings. The summed E-state index contributed by atoms with van der Waals surface area (Å²) in [5, 5.41) is 3.70. The fourth-order valence-electron chi connectivity index (χ4n) is 3.06. The van der Waals surface area contributed by atoms with E-state index in [0.717, 1.165) is 18.0 Å². The first kappa shape index (κ1) is 11.0. The summed E-state index contributed by atoms with van der Waals surface area (Å²) < 4.78 is 5.30. The molecular formula is C13H24N2O. The Morgan fingerprint density at radius 3 is 2.75 bits per heavy atom. The summed E-state index contributed by atoms with van der Waals surface area (Å²) in [6.45, 7) is 3.92. The Labute approximate surface area is 98.5 Å². The van der Waals surface area contributed by atoms with E-state index < -0.39 is 0 Å². The fourth-order valence-corrected chi connectivity index (χ4v) is 3.06. The van der Waals surface area contributed by atoms with E-state index in [-0.39, 0.29) is 0 Å². The first-order valence-electron chi connectivity index (χ1n) is 6.85. The molecule has 1 N–H and O–H groups in total. The van der Waals surface area contributed by atoms with Crippen molar-refractivity contribution in [3.05, 3.63) is 0 Å². The largest absolute Gasteiger partial charge is 0.381 e. The Kier molecular flexibility index (Phi) is 3.18. The Bertz CT molecular complexity index is 236. The summed E-state index contributed by atoms with van der Waals surface area (Å²) >= 11 is 0. The molecule has 1 heterocycles. The molecule has 1 saturated heterocycles. The summed E-state index contributed by atoms with van der Waals surface area (Å²) in [6, 6.07) is 1.70. The van der Waals surface area contributed by atoms with Gasteiger partial charge in [-0.05, 0) is 51.1 Å². The highest BCUT2D eigenvalue weighted by Gasteiger charge is 2.35. The zero-order chi connectivity index (χ0) is 11.0. The van der Waals surface area contributed by atoms with Crippen LogP contribution < -0.4 is 5.32 Å². The minimum absolute atomic E-state index is 0.532. The molecule has 3 fully saturated rings. The highest BCUT2D eigenvalue weighted by atomic mass is 16.5. The summed E-state index contributed by atoms with van der Waals surface area (Å²) in [4.78, 5) is 2.70. The highest BCUT2D eigenvalue weighted by molar-refractivity contribution is 4.91. The van der Waals surface area contributed by atoms with Gasteiger partial charge in [-0.15, -0.1) is 0 Å². The molecule has 0 aromatic heterocycles. The Hall–Kier alpha value is -0.120. The van der Waals surface area contributed by atoms with E-state index in [2.05, 4.69) is 10.2 Å². The van der Waals surface area contributed by atoms with E-state index in [4.69, 9.17) is 4.74 Å². The van der Waals surface area contributed by atoms with Crippen molar-refractivity contribution in [2.24, 2.45) is 5.92 Å². The van der Waals surface area contributed by atoms with Crippen molar-refractivity contribution >= 4 is 0 Å². The second-order valence-electron chi connectivity index (χ2n) is 5.82. The molecule has 0 radical (unpaired) electrons. The monoisotopic (exact) mass is 224 g/mol. The molecule has 1 aliphatic heterocycles. The maximum Gasteiger partial charge on any atom is 0.0601 e. The van der Waals surface area contributed by atoms with Crippen LogP contribution in [0.4, 0.5) is 0 Å². The van der Waals surface area contributed by atoms with Gasteiger partial charge in [0.25, 0.3) is 0 Å². The lowest BCUT2D eigenvalue weighted by atomic mass is 9.89. The molecule has 3 nitrogen and oxygen atoms in total. The normalized spacial score (nSPS) is 39.9. The quantitative estimate of drug-likeness (QED) is 0.760. The van der Waals surface area contributed by atoms with E-state index in [0.29, 0.717) is 6.10 Å². The zero-order valence-electron chi connectivity index (χ0n) is 10.3. The maximum absolute atomic E-state index is 5.30. The van der Waals surface area contributed by atoms with Crippen LogP contribution in [0.5, 0.6) is 0 Å². The van der Waals surface area contributed by atoms with Crippen molar-refractivity contribution in [2.75, 3.05) is 26.7 Å². The van der Waals surface area contributed by atoms with E-state index >= 15 is 0 Å². The summed E-state index contributed by atoms with van der Waals surface area (Å²) in [6.07, 6.45) is 7.29. The Morgan fingerprint density at radius 1 is 1.25 bits per heavy atom. The molecule has 1 unspecified atom stereocenters. The van der Waals surface area contributed by atoms with Crippen LogP contribution in [0.1, 0.15) is 32.1 Å². The average Bonchev–Trinajstić information content (AvgIpc) is 2.97. The third-order valence-corrected chi connectivity index (χ3v) is 4.50. The van der Waals surface area contributed by atoms with Gasteiger partial charge in [0, 0.05) is 25.7 Å². The van der Waals surface area contributed by atoms with Gasteiger partial charge < -0.3 is 15.0 Å². The van der Waals surface area contributed by atoms with Crippen LogP contribution >= 0.6 is 0 Å². The van der Waals surface area contributed by atoms with Crippen LogP contribution in [0.3, 0.4) is 0 Å². The molecule has 16 heavy (non-hydrogen) atoms. The van der Waals surface area contributed by atoms with Crippen molar-refractivity contribution in [1.82, 2.24) is 10.2 Å². The van der Waals surface area contributed by atoms with Gasteiger partial charge in [0.1, 0.15) is 0 Å². The summed E-state index contributed by atoms with van der Waals surface area (Å²) in [7, 11) is 1.82. The van der Waals surface area contributed by atoms with Crippen LogP contribution in [0.2, 0.25) is 0 Å². The number of rotatable bonds is 5. The summed E-state index contributed by atoms with van der Waals surface area (Å²) in [5.74, 6) is 0.905. The molecule has 92 valence electrons. The lowest BCUT2D eigenvalue weighted by Crippen LogP contribution is -2.46. The molecular weight excluding hydrogens is 200 g/mol. The van der Waals surface area contributed by atoms with Gasteiger partial charge in [0.05, 0.1) is 6.10 Å².